The molecule has 0 radical (unpaired) electrons. The number of rotatable bonds is 12. The van der Waals surface area contributed by atoms with Crippen LogP contribution in [0.15, 0.2) is 48.5 Å². The molecule has 3 N–H and O–H groups in total. The molecule has 2 amide bonds. The number of hydrogen-bond acceptors (Lipinski definition) is 10. The SMILES string of the molecule is CC(C)OP(=O)(OC(C)C)OC(COc1ccc(CC2SC(=O)NC2=O)cc1)c1ccccc1F.O=S(=O)(O)O. The van der Waals surface area contributed by atoms with Gasteiger partial charge in [0.05, 0.1) is 17.5 Å². The van der Waals surface area contributed by atoms with Gasteiger partial charge in [-0.25, -0.2) is 8.96 Å². The van der Waals surface area contributed by atoms with Gasteiger partial charge in [-0.2, -0.15) is 8.42 Å². The second-order valence-electron chi connectivity index (χ2n) is 8.86. The molecule has 2 aromatic rings. The van der Waals surface area contributed by atoms with Crippen LogP contribution < -0.4 is 10.1 Å². The molecule has 2 aromatic carbocycles. The molecule has 1 heterocycles. The van der Waals surface area contributed by atoms with Gasteiger partial charge in [0.25, 0.3) is 5.24 Å². The first-order chi connectivity index (χ1) is 18.5. The largest absolute Gasteiger partial charge is 0.491 e. The van der Waals surface area contributed by atoms with Crippen molar-refractivity contribution in [2.24, 2.45) is 0 Å². The van der Waals surface area contributed by atoms with E-state index in [1.165, 1.54) is 12.1 Å². The quantitative estimate of drug-likeness (QED) is 0.209. The van der Waals surface area contributed by atoms with Crippen LogP contribution >= 0.6 is 19.6 Å². The van der Waals surface area contributed by atoms with Gasteiger partial charge in [0.1, 0.15) is 24.3 Å². The molecule has 0 saturated carbocycles. The molecule has 0 spiro atoms. The van der Waals surface area contributed by atoms with E-state index in [1.807, 2.05) is 0 Å². The monoisotopic (exact) mass is 623 g/mol. The number of amides is 2. The number of phosphoric ester groups is 1. The average Bonchev–Trinajstić information content (AvgIpc) is 3.12. The summed E-state index contributed by atoms with van der Waals surface area (Å²) < 4.78 is 82.0. The van der Waals surface area contributed by atoms with Crippen LogP contribution in [0.1, 0.15) is 44.9 Å². The third-order valence-electron chi connectivity index (χ3n) is 4.70. The van der Waals surface area contributed by atoms with Gasteiger partial charge >= 0.3 is 18.2 Å². The summed E-state index contributed by atoms with van der Waals surface area (Å²) in [7, 11) is -8.71. The Hall–Kier alpha value is -2.36. The summed E-state index contributed by atoms with van der Waals surface area (Å²) in [5, 5.41) is 1.45. The van der Waals surface area contributed by atoms with Crippen molar-refractivity contribution in [2.75, 3.05) is 6.61 Å². The highest BCUT2D eigenvalue weighted by molar-refractivity contribution is 8.15. The van der Waals surface area contributed by atoms with Crippen molar-refractivity contribution in [3.05, 3.63) is 65.5 Å². The summed E-state index contributed by atoms with van der Waals surface area (Å²) in [6, 6.07) is 12.9. The third-order valence-corrected chi connectivity index (χ3v) is 7.55. The van der Waals surface area contributed by atoms with Crippen LogP contribution in [0.3, 0.4) is 0 Å². The Bertz CT molecular complexity index is 1280. The van der Waals surface area contributed by atoms with Gasteiger partial charge in [-0.05, 0) is 57.9 Å². The third kappa shape index (κ3) is 12.4. The van der Waals surface area contributed by atoms with Crippen LogP contribution in [-0.2, 0) is 39.8 Å². The topological polar surface area (TPSA) is 175 Å². The van der Waals surface area contributed by atoms with Crippen molar-refractivity contribution >= 4 is 41.1 Å². The summed E-state index contributed by atoms with van der Waals surface area (Å²) in [6.07, 6.45) is -1.59. The molecule has 1 saturated heterocycles. The number of hydrogen-bond donors (Lipinski definition) is 3. The van der Waals surface area contributed by atoms with Crippen molar-refractivity contribution in [3.63, 3.8) is 0 Å². The zero-order chi connectivity index (χ0) is 30.1. The Labute approximate surface area is 236 Å². The van der Waals surface area contributed by atoms with Crippen LogP contribution in [0.4, 0.5) is 9.18 Å². The molecule has 0 aromatic heterocycles. The van der Waals surface area contributed by atoms with Crippen molar-refractivity contribution in [3.8, 4) is 5.75 Å². The maximum Gasteiger partial charge on any atom is 0.476 e. The number of phosphoric acid groups is 1. The molecule has 16 heteroatoms. The zero-order valence-electron chi connectivity index (χ0n) is 22.1. The van der Waals surface area contributed by atoms with Gasteiger partial charge in [0.15, 0.2) is 0 Å². The highest BCUT2D eigenvalue weighted by Crippen LogP contribution is 2.55. The van der Waals surface area contributed by atoms with E-state index in [2.05, 4.69) is 5.32 Å². The molecule has 0 aliphatic carbocycles. The minimum absolute atomic E-state index is 0.151. The Morgan fingerprint density at radius 1 is 0.975 bits per heavy atom. The first-order valence-corrected chi connectivity index (χ1v) is 15.6. The molecule has 40 heavy (non-hydrogen) atoms. The summed E-state index contributed by atoms with van der Waals surface area (Å²) in [5.41, 5.74) is 1.000. The van der Waals surface area contributed by atoms with E-state index in [1.54, 1.807) is 64.1 Å². The average molecular weight is 624 g/mol. The molecule has 12 nitrogen and oxygen atoms in total. The summed E-state index contributed by atoms with van der Waals surface area (Å²) in [4.78, 5) is 23.1. The first kappa shape index (κ1) is 33.8. The molecule has 1 fully saturated rings. The van der Waals surface area contributed by atoms with E-state index in [0.717, 1.165) is 17.3 Å². The minimum atomic E-state index is -4.67. The second-order valence-corrected chi connectivity index (χ2v) is 12.5. The molecule has 1 aliphatic rings. The molecule has 3 rings (SSSR count). The van der Waals surface area contributed by atoms with Crippen LogP contribution in [0.2, 0.25) is 0 Å². The van der Waals surface area contributed by atoms with Gasteiger partial charge < -0.3 is 4.74 Å². The fourth-order valence-electron chi connectivity index (χ4n) is 3.30. The number of nitrogens with one attached hydrogen (secondary N) is 1. The molecule has 0 bridgehead atoms. The number of carbonyl (C=O) groups is 2. The van der Waals surface area contributed by atoms with Crippen molar-refractivity contribution in [1.82, 2.24) is 5.32 Å². The first-order valence-electron chi connectivity index (χ1n) is 11.9. The number of carbonyl (C=O) groups excluding carboxylic acids is 2. The molecule has 1 aliphatic heterocycles. The lowest BCUT2D eigenvalue weighted by atomic mass is 10.1. The normalized spacial score (nSPS) is 16.5. The summed E-state index contributed by atoms with van der Waals surface area (Å²) in [6.45, 7) is 6.61. The van der Waals surface area contributed by atoms with Crippen LogP contribution in [0.5, 0.6) is 5.75 Å². The lowest BCUT2D eigenvalue weighted by Crippen LogP contribution is -2.25. The van der Waals surface area contributed by atoms with Gasteiger partial charge in [-0.15, -0.1) is 0 Å². The Morgan fingerprint density at radius 3 is 2.00 bits per heavy atom. The molecule has 2 unspecified atom stereocenters. The smallest absolute Gasteiger partial charge is 0.476 e. The van der Waals surface area contributed by atoms with Gasteiger partial charge in [-0.1, -0.05) is 42.1 Å². The van der Waals surface area contributed by atoms with Gasteiger partial charge in [0, 0.05) is 5.56 Å². The predicted octanol–water partition coefficient (Wildman–Crippen LogP) is 5.16. The molecular weight excluding hydrogens is 592 g/mol. The summed E-state index contributed by atoms with van der Waals surface area (Å²) >= 11 is 0.966. The van der Waals surface area contributed by atoms with E-state index in [-0.39, 0.29) is 23.3 Å². The van der Waals surface area contributed by atoms with E-state index in [0.29, 0.717) is 12.2 Å². The van der Waals surface area contributed by atoms with Gasteiger partial charge in [0.2, 0.25) is 5.91 Å². The van der Waals surface area contributed by atoms with Crippen molar-refractivity contribution < 1.29 is 54.4 Å². The van der Waals surface area contributed by atoms with Crippen molar-refractivity contribution in [2.45, 2.75) is 57.7 Å². The minimum Gasteiger partial charge on any atom is -0.491 e. The Balaban J connectivity index is 0.00000103. The Kier molecular flexibility index (Phi) is 12.7. The number of halogens is 1. The number of benzene rings is 2. The standard InChI is InChI=1S/C24H29FNO7PS.H2O4S/c1-15(2)31-34(29,32-16(3)4)33-21(19-7-5-6-8-20(19)25)14-30-18-11-9-17(10-12-18)13-22-23(27)26-24(28)35-22;1-5(2,3)4/h5-12,15-16,21-22H,13-14H2,1-4H3,(H,26,27,28);(H2,1,2,3,4). The number of ether oxygens (including phenoxy) is 1. The predicted molar refractivity (Wildman–Crippen MR) is 145 cm³/mol. The summed E-state index contributed by atoms with van der Waals surface area (Å²) in [5.74, 6) is -0.386. The van der Waals surface area contributed by atoms with Crippen LogP contribution in [-0.4, -0.2) is 52.7 Å². The van der Waals surface area contributed by atoms with Gasteiger partial charge in [-0.3, -0.25) is 37.6 Å². The van der Waals surface area contributed by atoms with Crippen molar-refractivity contribution in [1.29, 1.82) is 0 Å². The van der Waals surface area contributed by atoms with E-state index in [9.17, 15) is 18.5 Å². The Morgan fingerprint density at radius 2 is 1.52 bits per heavy atom. The van der Waals surface area contributed by atoms with E-state index in [4.69, 9.17) is 35.8 Å². The highest BCUT2D eigenvalue weighted by Gasteiger charge is 2.35. The maximum absolute atomic E-state index is 14.6. The zero-order valence-corrected chi connectivity index (χ0v) is 24.6. The fraction of sp³-hybridized carbons (Fsp3) is 0.417. The lowest BCUT2D eigenvalue weighted by molar-refractivity contribution is -0.118. The molecule has 222 valence electrons. The lowest BCUT2D eigenvalue weighted by Gasteiger charge is -2.27. The second kappa shape index (κ2) is 15.0. The van der Waals surface area contributed by atoms with Crippen LogP contribution in [0.25, 0.3) is 0 Å². The van der Waals surface area contributed by atoms with Crippen LogP contribution in [0, 0.1) is 5.82 Å². The fourth-order valence-corrected chi connectivity index (χ4v) is 5.82. The van der Waals surface area contributed by atoms with E-state index < -0.39 is 47.6 Å². The van der Waals surface area contributed by atoms with E-state index >= 15 is 0 Å². The highest BCUT2D eigenvalue weighted by atomic mass is 32.3. The number of thioether (sulfide) groups is 1. The molecular formula is C24H31FNO11PS2. The molecule has 2 atom stereocenters. The maximum atomic E-state index is 14.6. The number of imide groups is 1.